The number of pyridine rings is 1. The van der Waals surface area contributed by atoms with E-state index in [1.807, 2.05) is 0 Å². The molecule has 9 nitrogen and oxygen atoms in total. The Morgan fingerprint density at radius 1 is 1.36 bits per heavy atom. The van der Waals surface area contributed by atoms with E-state index in [-0.39, 0.29) is 29.2 Å². The predicted octanol–water partition coefficient (Wildman–Crippen LogP) is 3.01. The molecule has 0 bridgehead atoms. The Kier molecular flexibility index (Phi) is 7.40. The molecule has 0 aliphatic carbocycles. The highest BCUT2D eigenvalue weighted by atomic mass is 35.5. The average molecular weight is 431 g/mol. The molecule has 0 saturated heterocycles. The fourth-order valence-corrected chi connectivity index (χ4v) is 3.76. The second kappa shape index (κ2) is 9.36. The van der Waals surface area contributed by atoms with Crippen molar-refractivity contribution in [3.63, 3.8) is 0 Å². The summed E-state index contributed by atoms with van der Waals surface area (Å²) in [5.74, 6) is -1.32. The van der Waals surface area contributed by atoms with Crippen molar-refractivity contribution in [3.8, 4) is 11.5 Å². The molecule has 2 atom stereocenters. The maximum atomic E-state index is 13.1. The summed E-state index contributed by atoms with van der Waals surface area (Å²) in [7, 11) is -4.15. The summed E-state index contributed by atoms with van der Waals surface area (Å²) < 4.78 is 23.9. The summed E-state index contributed by atoms with van der Waals surface area (Å²) in [5.41, 5.74) is 0.748. The van der Waals surface area contributed by atoms with Crippen LogP contribution in [0.4, 0.5) is 0 Å². The molecule has 0 saturated carbocycles. The van der Waals surface area contributed by atoms with E-state index in [1.165, 1.54) is 37.4 Å². The van der Waals surface area contributed by atoms with Gasteiger partial charge in [-0.15, -0.1) is 0 Å². The van der Waals surface area contributed by atoms with Crippen LogP contribution in [0.3, 0.4) is 0 Å². The first kappa shape index (κ1) is 22.1. The van der Waals surface area contributed by atoms with Crippen molar-refractivity contribution in [1.29, 1.82) is 0 Å². The van der Waals surface area contributed by atoms with Crippen molar-refractivity contribution in [1.82, 2.24) is 10.1 Å². The van der Waals surface area contributed by atoms with Gasteiger partial charge in [0.25, 0.3) is 0 Å². The molecule has 0 aliphatic heterocycles. The van der Waals surface area contributed by atoms with Gasteiger partial charge in [0.1, 0.15) is 17.5 Å². The van der Waals surface area contributed by atoms with Crippen LogP contribution in [0.2, 0.25) is 5.02 Å². The van der Waals surface area contributed by atoms with Crippen LogP contribution in [0.15, 0.2) is 30.5 Å². The van der Waals surface area contributed by atoms with Crippen molar-refractivity contribution in [3.05, 3.63) is 52.3 Å². The Balaban J connectivity index is 2.27. The third kappa shape index (κ3) is 5.67. The Hall–Kier alpha value is -2.16. The third-order valence-corrected chi connectivity index (χ3v) is 5.62. The molecule has 28 heavy (non-hydrogen) atoms. The number of nitrogens with one attached hydrogen (secondary N) is 1. The third-order valence-electron chi connectivity index (χ3n) is 3.74. The highest BCUT2D eigenvalue weighted by molar-refractivity contribution is 7.52. The summed E-state index contributed by atoms with van der Waals surface area (Å²) in [6.07, 6.45) is 1.36. The Morgan fingerprint density at radius 2 is 2.00 bits per heavy atom. The topological polar surface area (TPSA) is 138 Å². The number of aromatic hydroxyl groups is 1. The number of carbonyl (C=O) groups is 1. The van der Waals surface area contributed by atoms with E-state index in [9.17, 15) is 19.6 Å². The van der Waals surface area contributed by atoms with Crippen LogP contribution < -0.4 is 9.61 Å². The fraction of sp³-hybridized carbons (Fsp3) is 0.294. The first-order valence-corrected chi connectivity index (χ1v) is 10.0. The quantitative estimate of drug-likeness (QED) is 0.442. The number of halogens is 1. The van der Waals surface area contributed by atoms with Crippen LogP contribution >= 0.6 is 19.3 Å². The molecule has 0 aliphatic rings. The molecule has 0 fully saturated rings. The van der Waals surface area contributed by atoms with Crippen molar-refractivity contribution in [2.75, 3.05) is 0 Å². The van der Waals surface area contributed by atoms with E-state index in [1.54, 1.807) is 6.92 Å². The maximum Gasteiger partial charge on any atom is 0.459 e. The lowest BCUT2D eigenvalue weighted by Crippen LogP contribution is -2.33. The highest BCUT2D eigenvalue weighted by Crippen LogP contribution is 2.46. The summed E-state index contributed by atoms with van der Waals surface area (Å²) in [6, 6.07) is 4.68. The minimum Gasteiger partial charge on any atom is -0.506 e. The lowest BCUT2D eigenvalue weighted by Gasteiger charge is -2.22. The van der Waals surface area contributed by atoms with Gasteiger partial charge in [0.15, 0.2) is 0 Å². The zero-order chi connectivity index (χ0) is 20.9. The number of benzene rings is 1. The largest absolute Gasteiger partial charge is 0.506 e. The Morgan fingerprint density at radius 3 is 2.57 bits per heavy atom. The zero-order valence-electron chi connectivity index (χ0n) is 15.1. The number of hydrogen-bond acceptors (Lipinski definition) is 7. The van der Waals surface area contributed by atoms with Gasteiger partial charge in [-0.25, -0.2) is 4.57 Å². The molecule has 0 radical (unpaired) electrons. The van der Waals surface area contributed by atoms with Gasteiger partial charge in [0.05, 0.1) is 18.9 Å². The van der Waals surface area contributed by atoms with Gasteiger partial charge in [0.2, 0.25) is 0 Å². The van der Waals surface area contributed by atoms with E-state index < -0.39 is 26.4 Å². The number of carboxylic acids is 1. The molecule has 4 N–H and O–H groups in total. The molecule has 1 aromatic carbocycles. The number of aromatic nitrogens is 1. The number of aliphatic hydroxyl groups is 1. The van der Waals surface area contributed by atoms with E-state index in [2.05, 4.69) is 10.1 Å². The molecule has 1 aromatic heterocycles. The summed E-state index contributed by atoms with van der Waals surface area (Å²) in [5, 5.41) is 31.3. The van der Waals surface area contributed by atoms with E-state index in [4.69, 9.17) is 25.8 Å². The number of carboxylic acid groups (broad SMARTS) is 1. The second-order valence-electron chi connectivity index (χ2n) is 5.86. The Bertz CT molecular complexity index is 892. The summed E-state index contributed by atoms with van der Waals surface area (Å²) >= 11 is 5.81. The van der Waals surface area contributed by atoms with Crippen molar-refractivity contribution >= 4 is 25.3 Å². The van der Waals surface area contributed by atoms with Gasteiger partial charge < -0.3 is 19.8 Å². The maximum absolute atomic E-state index is 13.1. The summed E-state index contributed by atoms with van der Waals surface area (Å²) in [4.78, 5) is 15.1. The van der Waals surface area contributed by atoms with Crippen LogP contribution in [0.25, 0.3) is 0 Å². The Labute approximate surface area is 166 Å². The lowest BCUT2D eigenvalue weighted by molar-refractivity contribution is -0.138. The van der Waals surface area contributed by atoms with Gasteiger partial charge >= 0.3 is 13.7 Å². The number of aliphatic carboxylic acids is 1. The highest BCUT2D eigenvalue weighted by Gasteiger charge is 2.32. The van der Waals surface area contributed by atoms with E-state index >= 15 is 0 Å². The number of hydrogen-bond donors (Lipinski definition) is 4. The second-order valence-corrected chi connectivity index (χ2v) is 7.99. The fourth-order valence-electron chi connectivity index (χ4n) is 2.16. The van der Waals surface area contributed by atoms with Crippen molar-refractivity contribution < 1.29 is 33.7 Å². The molecule has 152 valence electrons. The number of aliphatic hydroxyl groups excluding tert-OH is 1. The van der Waals surface area contributed by atoms with Crippen LogP contribution in [0.1, 0.15) is 23.7 Å². The van der Waals surface area contributed by atoms with Gasteiger partial charge in [0, 0.05) is 22.3 Å². The number of rotatable bonds is 9. The summed E-state index contributed by atoms with van der Waals surface area (Å²) in [6.45, 7) is 1.99. The minimum atomic E-state index is -4.15. The van der Waals surface area contributed by atoms with Gasteiger partial charge in [-0.1, -0.05) is 11.6 Å². The molecular weight excluding hydrogens is 411 g/mol. The molecule has 0 amide bonds. The van der Waals surface area contributed by atoms with Crippen LogP contribution in [-0.4, -0.2) is 32.3 Å². The van der Waals surface area contributed by atoms with Crippen LogP contribution in [0.5, 0.6) is 11.5 Å². The molecule has 2 aromatic rings. The van der Waals surface area contributed by atoms with Gasteiger partial charge in [-0.05, 0) is 38.1 Å². The standard InChI is InChI=1S/C17H20ClN2O7P/c1-10-16(22)15(8-21)12(7-19-10)9-26-28(25,20-11(2)17(23)24)27-14-5-3-13(18)4-6-14/h3-7,11,21-22H,8-9H2,1-2H3,(H,20,25)(H,23,24). The van der Waals surface area contributed by atoms with Crippen molar-refractivity contribution in [2.24, 2.45) is 0 Å². The molecule has 0 spiro atoms. The van der Waals surface area contributed by atoms with Gasteiger partial charge in [-0.2, -0.15) is 5.09 Å². The average Bonchev–Trinajstić information content (AvgIpc) is 2.64. The van der Waals surface area contributed by atoms with Crippen LogP contribution in [-0.2, 0) is 27.1 Å². The first-order valence-electron chi connectivity index (χ1n) is 8.12. The molecular formula is C17H20ClN2O7P. The van der Waals surface area contributed by atoms with Gasteiger partial charge in [-0.3, -0.25) is 14.3 Å². The SMILES string of the molecule is Cc1ncc(COP(=O)(NC(C)C(=O)O)Oc2ccc(Cl)cc2)c(CO)c1O. The lowest BCUT2D eigenvalue weighted by atomic mass is 10.1. The predicted molar refractivity (Wildman–Crippen MR) is 101 cm³/mol. The number of aryl methyl sites for hydroxylation is 1. The molecule has 2 rings (SSSR count). The monoisotopic (exact) mass is 430 g/mol. The van der Waals surface area contributed by atoms with Crippen molar-refractivity contribution in [2.45, 2.75) is 33.1 Å². The molecule has 11 heteroatoms. The van der Waals surface area contributed by atoms with E-state index in [0.717, 1.165) is 0 Å². The normalized spacial score (nSPS) is 14.3. The molecule has 2 unspecified atom stereocenters. The van der Waals surface area contributed by atoms with E-state index in [0.29, 0.717) is 10.7 Å². The number of nitrogens with zero attached hydrogens (tertiary/aromatic N) is 1. The zero-order valence-corrected chi connectivity index (χ0v) is 16.8. The van der Waals surface area contributed by atoms with Crippen LogP contribution in [0, 0.1) is 6.92 Å². The first-order chi connectivity index (χ1) is 13.1. The smallest absolute Gasteiger partial charge is 0.459 e. The molecule has 1 heterocycles. The minimum absolute atomic E-state index is 0.144.